The van der Waals surface area contributed by atoms with E-state index in [0.29, 0.717) is 5.41 Å². The summed E-state index contributed by atoms with van der Waals surface area (Å²) in [5.74, 6) is 0.902. The van der Waals surface area contributed by atoms with Crippen molar-refractivity contribution >= 4 is 0 Å². The lowest BCUT2D eigenvalue weighted by Crippen LogP contribution is -2.41. The zero-order valence-electron chi connectivity index (χ0n) is 12.6. The highest BCUT2D eigenvalue weighted by Crippen LogP contribution is 2.34. The molecule has 0 aromatic heterocycles. The van der Waals surface area contributed by atoms with Gasteiger partial charge in [-0.05, 0) is 57.2 Å². The molecule has 1 rings (SSSR count). The fourth-order valence-electron chi connectivity index (χ4n) is 3.12. The summed E-state index contributed by atoms with van der Waals surface area (Å²) in [6, 6.07) is 0.735. The Morgan fingerprint density at radius 1 is 1.24 bits per heavy atom. The molecule has 0 amide bonds. The number of hydrogen-bond donors (Lipinski definition) is 1. The third kappa shape index (κ3) is 4.59. The topological polar surface area (TPSA) is 15.3 Å². The summed E-state index contributed by atoms with van der Waals surface area (Å²) in [4.78, 5) is 2.71. The number of likely N-dealkylation sites (tertiary alicyclic amines) is 1. The summed E-state index contributed by atoms with van der Waals surface area (Å²) in [7, 11) is 2.07. The molecule has 1 N–H and O–H groups in total. The molecule has 2 nitrogen and oxygen atoms in total. The predicted molar refractivity (Wildman–Crippen MR) is 76.4 cm³/mol. The van der Waals surface area contributed by atoms with Crippen LogP contribution in [0.4, 0.5) is 0 Å². The molecule has 0 aromatic carbocycles. The van der Waals surface area contributed by atoms with Gasteiger partial charge in [0.2, 0.25) is 0 Å². The van der Waals surface area contributed by atoms with Crippen LogP contribution >= 0.6 is 0 Å². The molecule has 0 aliphatic carbocycles. The molecule has 2 atom stereocenters. The van der Waals surface area contributed by atoms with Crippen molar-refractivity contribution in [2.45, 2.75) is 59.4 Å². The van der Waals surface area contributed by atoms with Crippen molar-refractivity contribution in [3.05, 3.63) is 0 Å². The Morgan fingerprint density at radius 2 is 1.94 bits per heavy atom. The SMILES string of the molecule is CCC(CNC)N1CCCC(C(C)(C)C)CC1. The number of nitrogens with zero attached hydrogens (tertiary/aromatic N) is 1. The maximum Gasteiger partial charge on any atom is 0.0217 e. The lowest BCUT2D eigenvalue weighted by atomic mass is 9.77. The van der Waals surface area contributed by atoms with Gasteiger partial charge in [0.1, 0.15) is 0 Å². The summed E-state index contributed by atoms with van der Waals surface area (Å²) >= 11 is 0. The zero-order valence-corrected chi connectivity index (χ0v) is 12.6. The molecule has 1 saturated heterocycles. The average Bonchev–Trinajstić information content (AvgIpc) is 2.50. The minimum absolute atomic E-state index is 0.487. The van der Waals surface area contributed by atoms with Crippen molar-refractivity contribution in [1.29, 1.82) is 0 Å². The maximum absolute atomic E-state index is 3.34. The standard InChI is InChI=1S/C15H32N2/c1-6-14(12-16-5)17-10-7-8-13(9-11-17)15(2,3)4/h13-14,16H,6-12H2,1-5H3. The van der Waals surface area contributed by atoms with Crippen LogP contribution in [0.2, 0.25) is 0 Å². The fraction of sp³-hybridized carbons (Fsp3) is 1.00. The molecular weight excluding hydrogens is 208 g/mol. The van der Waals surface area contributed by atoms with E-state index in [0.717, 1.165) is 18.5 Å². The molecule has 0 aromatic rings. The van der Waals surface area contributed by atoms with Crippen LogP contribution in [0.5, 0.6) is 0 Å². The fourth-order valence-corrected chi connectivity index (χ4v) is 3.12. The van der Waals surface area contributed by atoms with E-state index in [2.05, 4.69) is 45.0 Å². The van der Waals surface area contributed by atoms with E-state index in [4.69, 9.17) is 0 Å². The van der Waals surface area contributed by atoms with E-state index in [1.807, 2.05) is 0 Å². The van der Waals surface area contributed by atoms with Gasteiger partial charge in [0, 0.05) is 12.6 Å². The molecule has 1 fully saturated rings. The van der Waals surface area contributed by atoms with E-state index in [-0.39, 0.29) is 0 Å². The highest BCUT2D eigenvalue weighted by molar-refractivity contribution is 4.81. The Morgan fingerprint density at radius 3 is 2.47 bits per heavy atom. The minimum atomic E-state index is 0.487. The predicted octanol–water partition coefficient (Wildman–Crippen LogP) is 3.13. The second-order valence-electron chi connectivity index (χ2n) is 6.65. The van der Waals surface area contributed by atoms with Crippen LogP contribution in [-0.4, -0.2) is 37.6 Å². The Labute approximate surface area is 108 Å². The summed E-state index contributed by atoms with van der Waals surface area (Å²) in [6.45, 7) is 13.2. The normalized spacial score (nSPS) is 25.6. The van der Waals surface area contributed by atoms with Crippen molar-refractivity contribution in [2.75, 3.05) is 26.7 Å². The van der Waals surface area contributed by atoms with Gasteiger partial charge in [0.15, 0.2) is 0 Å². The third-order valence-corrected chi connectivity index (χ3v) is 4.41. The van der Waals surface area contributed by atoms with Gasteiger partial charge >= 0.3 is 0 Å². The van der Waals surface area contributed by atoms with Gasteiger partial charge in [-0.2, -0.15) is 0 Å². The third-order valence-electron chi connectivity index (χ3n) is 4.41. The van der Waals surface area contributed by atoms with Crippen LogP contribution in [0, 0.1) is 11.3 Å². The van der Waals surface area contributed by atoms with Crippen molar-refractivity contribution in [2.24, 2.45) is 11.3 Å². The second kappa shape index (κ2) is 6.75. The molecule has 2 heteroatoms. The lowest BCUT2D eigenvalue weighted by molar-refractivity contribution is 0.177. The molecular formula is C15H32N2. The van der Waals surface area contributed by atoms with Crippen LogP contribution in [0.1, 0.15) is 53.4 Å². The summed E-state index contributed by atoms with van der Waals surface area (Å²) in [5, 5.41) is 3.34. The minimum Gasteiger partial charge on any atom is -0.318 e. The number of rotatable bonds is 4. The largest absolute Gasteiger partial charge is 0.318 e. The van der Waals surface area contributed by atoms with Crippen LogP contribution < -0.4 is 5.32 Å². The van der Waals surface area contributed by atoms with E-state index in [9.17, 15) is 0 Å². The van der Waals surface area contributed by atoms with Crippen LogP contribution in [0.25, 0.3) is 0 Å². The van der Waals surface area contributed by atoms with E-state index >= 15 is 0 Å². The van der Waals surface area contributed by atoms with Gasteiger partial charge in [0.25, 0.3) is 0 Å². The van der Waals surface area contributed by atoms with Gasteiger partial charge < -0.3 is 5.32 Å². The molecule has 102 valence electrons. The molecule has 0 bridgehead atoms. The first-order chi connectivity index (χ1) is 7.99. The Bertz CT molecular complexity index is 207. The molecule has 0 radical (unpaired) electrons. The highest BCUT2D eigenvalue weighted by Gasteiger charge is 2.28. The van der Waals surface area contributed by atoms with Crippen molar-refractivity contribution in [1.82, 2.24) is 10.2 Å². The molecule has 1 heterocycles. The van der Waals surface area contributed by atoms with Gasteiger partial charge in [-0.15, -0.1) is 0 Å². The van der Waals surface area contributed by atoms with Crippen LogP contribution in [0.3, 0.4) is 0 Å². The lowest BCUT2D eigenvalue weighted by Gasteiger charge is -2.32. The number of likely N-dealkylation sites (N-methyl/N-ethyl adjacent to an activating group) is 1. The smallest absolute Gasteiger partial charge is 0.0217 e. The second-order valence-corrected chi connectivity index (χ2v) is 6.65. The average molecular weight is 240 g/mol. The van der Waals surface area contributed by atoms with Gasteiger partial charge in [-0.25, -0.2) is 0 Å². The van der Waals surface area contributed by atoms with Gasteiger partial charge in [0.05, 0.1) is 0 Å². The quantitative estimate of drug-likeness (QED) is 0.812. The summed E-state index contributed by atoms with van der Waals surface area (Å²) in [5.41, 5.74) is 0.487. The molecule has 2 unspecified atom stereocenters. The molecule has 0 saturated carbocycles. The Balaban J connectivity index is 2.52. The zero-order chi connectivity index (χ0) is 12.9. The number of nitrogens with one attached hydrogen (secondary N) is 1. The molecule has 1 aliphatic rings. The first kappa shape index (κ1) is 15.0. The summed E-state index contributed by atoms with van der Waals surface area (Å²) < 4.78 is 0. The van der Waals surface area contributed by atoms with E-state index in [1.165, 1.54) is 38.8 Å². The van der Waals surface area contributed by atoms with E-state index < -0.39 is 0 Å². The maximum atomic E-state index is 3.34. The Kier molecular flexibility index (Phi) is 5.94. The highest BCUT2D eigenvalue weighted by atomic mass is 15.2. The molecule has 1 aliphatic heterocycles. The van der Waals surface area contributed by atoms with Gasteiger partial charge in [-0.1, -0.05) is 27.7 Å². The number of hydrogen-bond acceptors (Lipinski definition) is 2. The van der Waals surface area contributed by atoms with Crippen LogP contribution in [-0.2, 0) is 0 Å². The first-order valence-corrected chi connectivity index (χ1v) is 7.37. The Hall–Kier alpha value is -0.0800. The molecule has 0 spiro atoms. The van der Waals surface area contributed by atoms with Crippen molar-refractivity contribution in [3.8, 4) is 0 Å². The van der Waals surface area contributed by atoms with E-state index in [1.54, 1.807) is 0 Å². The van der Waals surface area contributed by atoms with Crippen LogP contribution in [0.15, 0.2) is 0 Å². The van der Waals surface area contributed by atoms with Gasteiger partial charge in [-0.3, -0.25) is 4.90 Å². The first-order valence-electron chi connectivity index (χ1n) is 7.37. The molecule has 17 heavy (non-hydrogen) atoms. The monoisotopic (exact) mass is 240 g/mol. The van der Waals surface area contributed by atoms with Crippen molar-refractivity contribution in [3.63, 3.8) is 0 Å². The summed E-state index contributed by atoms with van der Waals surface area (Å²) in [6.07, 6.45) is 5.43. The van der Waals surface area contributed by atoms with Crippen molar-refractivity contribution < 1.29 is 0 Å².